The molecule has 0 saturated heterocycles. The number of rotatable bonds is 8. The van der Waals surface area contributed by atoms with Crippen LogP contribution in [0.25, 0.3) is 0 Å². The van der Waals surface area contributed by atoms with Crippen LogP contribution in [0.3, 0.4) is 0 Å². The summed E-state index contributed by atoms with van der Waals surface area (Å²) in [6.45, 7) is 4.25. The first-order valence-corrected chi connectivity index (χ1v) is 6.84. The van der Waals surface area contributed by atoms with Crippen molar-refractivity contribution in [2.24, 2.45) is 0 Å². The molecule has 1 aromatic carbocycles. The van der Waals surface area contributed by atoms with Crippen LogP contribution in [0, 0.1) is 0 Å². The molecule has 0 fully saturated rings. The molecule has 20 heavy (non-hydrogen) atoms. The molecule has 0 heterocycles. The fourth-order valence-corrected chi connectivity index (χ4v) is 1.68. The van der Waals surface area contributed by atoms with E-state index in [1.54, 1.807) is 32.2 Å². The second-order valence-electron chi connectivity index (χ2n) is 4.54. The maximum Gasteiger partial charge on any atom is 0.260 e. The van der Waals surface area contributed by atoms with Crippen molar-refractivity contribution in [2.45, 2.75) is 39.4 Å². The normalized spacial score (nSPS) is 11.8. The molecule has 1 unspecified atom stereocenters. The summed E-state index contributed by atoms with van der Waals surface area (Å²) in [6.07, 6.45) is 1.35. The number of methoxy groups -OCH3 is 1. The third kappa shape index (κ3) is 4.74. The van der Waals surface area contributed by atoms with Gasteiger partial charge in [0.2, 0.25) is 0 Å². The molecule has 0 aromatic heterocycles. The van der Waals surface area contributed by atoms with Gasteiger partial charge in [0.1, 0.15) is 11.5 Å². The largest absolute Gasteiger partial charge is 0.497 e. The highest BCUT2D eigenvalue weighted by atomic mass is 16.5. The third-order valence-electron chi connectivity index (χ3n) is 2.95. The second kappa shape index (κ2) is 8.43. The first-order valence-electron chi connectivity index (χ1n) is 6.84. The van der Waals surface area contributed by atoms with E-state index in [-0.39, 0.29) is 12.5 Å². The Morgan fingerprint density at radius 2 is 2.20 bits per heavy atom. The molecule has 0 aliphatic carbocycles. The van der Waals surface area contributed by atoms with Crippen LogP contribution < -0.4 is 14.8 Å². The molecular weight excluding hydrogens is 258 g/mol. The number of unbranched alkanes of at least 4 members (excludes halogenated alkanes) is 1. The smallest absolute Gasteiger partial charge is 0.260 e. The van der Waals surface area contributed by atoms with Gasteiger partial charge >= 0.3 is 0 Å². The third-order valence-corrected chi connectivity index (χ3v) is 2.95. The van der Waals surface area contributed by atoms with E-state index in [2.05, 4.69) is 12.2 Å². The van der Waals surface area contributed by atoms with E-state index in [0.717, 1.165) is 12.8 Å². The van der Waals surface area contributed by atoms with Gasteiger partial charge in [0, 0.05) is 18.2 Å². The molecule has 1 amide bonds. The number of ether oxygens (including phenoxy) is 2. The zero-order chi connectivity index (χ0) is 15.0. The van der Waals surface area contributed by atoms with Crippen LogP contribution in [-0.2, 0) is 11.4 Å². The van der Waals surface area contributed by atoms with E-state index in [1.165, 1.54) is 0 Å². The molecule has 0 spiro atoms. The van der Waals surface area contributed by atoms with Crippen molar-refractivity contribution in [3.8, 4) is 11.5 Å². The molecule has 112 valence electrons. The molecule has 0 aliphatic rings. The van der Waals surface area contributed by atoms with Crippen molar-refractivity contribution in [1.29, 1.82) is 0 Å². The summed E-state index contributed by atoms with van der Waals surface area (Å²) in [6, 6.07) is 5.13. The highest BCUT2D eigenvalue weighted by Gasteiger charge is 2.16. The lowest BCUT2D eigenvalue weighted by atomic mass is 10.2. The van der Waals surface area contributed by atoms with E-state index in [1.807, 2.05) is 0 Å². The minimum Gasteiger partial charge on any atom is -0.497 e. The van der Waals surface area contributed by atoms with Crippen LogP contribution in [0.4, 0.5) is 0 Å². The SMILES string of the molecule is CCCCNC(=O)C(C)Oc1cc(OC)ccc1CO. The number of carbonyl (C=O) groups excluding carboxylic acids is 1. The standard InChI is InChI=1S/C15H23NO4/c1-4-5-8-16-15(18)11(2)20-14-9-13(19-3)7-6-12(14)10-17/h6-7,9,11,17H,4-5,8,10H2,1-3H3,(H,16,18). The van der Waals surface area contributed by atoms with E-state index in [9.17, 15) is 9.90 Å². The van der Waals surface area contributed by atoms with Gasteiger partial charge in [0.15, 0.2) is 6.10 Å². The van der Waals surface area contributed by atoms with Crippen molar-refractivity contribution in [2.75, 3.05) is 13.7 Å². The predicted molar refractivity (Wildman–Crippen MR) is 76.9 cm³/mol. The number of aliphatic hydroxyl groups is 1. The van der Waals surface area contributed by atoms with Gasteiger partial charge in [-0.15, -0.1) is 0 Å². The lowest BCUT2D eigenvalue weighted by Crippen LogP contribution is -2.36. The number of carbonyl (C=O) groups is 1. The summed E-state index contributed by atoms with van der Waals surface area (Å²) >= 11 is 0. The van der Waals surface area contributed by atoms with Crippen LogP contribution in [0.1, 0.15) is 32.3 Å². The summed E-state index contributed by atoms with van der Waals surface area (Å²) in [4.78, 5) is 11.8. The van der Waals surface area contributed by atoms with Gasteiger partial charge in [-0.2, -0.15) is 0 Å². The van der Waals surface area contributed by atoms with Gasteiger partial charge in [-0.1, -0.05) is 13.3 Å². The van der Waals surface area contributed by atoms with Crippen LogP contribution in [0.2, 0.25) is 0 Å². The van der Waals surface area contributed by atoms with Gasteiger partial charge in [0.25, 0.3) is 5.91 Å². The van der Waals surface area contributed by atoms with Crippen molar-refractivity contribution in [1.82, 2.24) is 5.32 Å². The molecule has 0 saturated carbocycles. The van der Waals surface area contributed by atoms with Gasteiger partial charge in [-0.05, 0) is 25.5 Å². The van der Waals surface area contributed by atoms with E-state index in [4.69, 9.17) is 9.47 Å². The maximum atomic E-state index is 11.8. The Hall–Kier alpha value is -1.75. The molecule has 1 aromatic rings. The van der Waals surface area contributed by atoms with Crippen molar-refractivity contribution in [3.05, 3.63) is 23.8 Å². The average molecular weight is 281 g/mol. The fraction of sp³-hybridized carbons (Fsp3) is 0.533. The monoisotopic (exact) mass is 281 g/mol. The minimum absolute atomic E-state index is 0.149. The number of benzene rings is 1. The first-order chi connectivity index (χ1) is 9.62. The highest BCUT2D eigenvalue weighted by Crippen LogP contribution is 2.25. The van der Waals surface area contributed by atoms with Crippen molar-refractivity contribution >= 4 is 5.91 Å². The Labute approximate surface area is 119 Å². The molecule has 0 aliphatic heterocycles. The summed E-state index contributed by atoms with van der Waals surface area (Å²) in [7, 11) is 1.55. The molecular formula is C15H23NO4. The Bertz CT molecular complexity index is 434. The van der Waals surface area contributed by atoms with E-state index in [0.29, 0.717) is 23.6 Å². The molecule has 0 bridgehead atoms. The molecule has 5 heteroatoms. The molecule has 1 atom stereocenters. The van der Waals surface area contributed by atoms with Crippen molar-refractivity contribution < 1.29 is 19.4 Å². The minimum atomic E-state index is -0.621. The first kappa shape index (κ1) is 16.3. The van der Waals surface area contributed by atoms with E-state index >= 15 is 0 Å². The number of hydrogen-bond acceptors (Lipinski definition) is 4. The number of amides is 1. The Morgan fingerprint density at radius 1 is 1.45 bits per heavy atom. The van der Waals surface area contributed by atoms with Crippen LogP contribution in [-0.4, -0.2) is 30.8 Å². The van der Waals surface area contributed by atoms with Gasteiger partial charge in [-0.3, -0.25) is 4.79 Å². The lowest BCUT2D eigenvalue weighted by molar-refractivity contribution is -0.127. The topological polar surface area (TPSA) is 67.8 Å². The van der Waals surface area contributed by atoms with Crippen molar-refractivity contribution in [3.63, 3.8) is 0 Å². The van der Waals surface area contributed by atoms with Gasteiger partial charge < -0.3 is 19.9 Å². The van der Waals surface area contributed by atoms with E-state index < -0.39 is 6.10 Å². The Balaban J connectivity index is 2.68. The molecule has 5 nitrogen and oxygen atoms in total. The maximum absolute atomic E-state index is 11.8. The number of hydrogen-bond donors (Lipinski definition) is 2. The average Bonchev–Trinajstić information content (AvgIpc) is 2.47. The summed E-state index contributed by atoms with van der Waals surface area (Å²) in [5.74, 6) is 0.922. The quantitative estimate of drug-likeness (QED) is 0.714. The Kier molecular flexibility index (Phi) is 6.87. The summed E-state index contributed by atoms with van der Waals surface area (Å²) in [5, 5.41) is 12.1. The molecule has 0 radical (unpaired) electrons. The zero-order valence-electron chi connectivity index (χ0n) is 12.3. The van der Waals surface area contributed by atoms with Gasteiger partial charge in [0.05, 0.1) is 13.7 Å². The lowest BCUT2D eigenvalue weighted by Gasteiger charge is -2.17. The van der Waals surface area contributed by atoms with Crippen LogP contribution in [0.5, 0.6) is 11.5 Å². The molecule has 1 rings (SSSR count). The van der Waals surface area contributed by atoms with Gasteiger partial charge in [-0.25, -0.2) is 0 Å². The second-order valence-corrected chi connectivity index (χ2v) is 4.54. The van der Waals surface area contributed by atoms with Crippen LogP contribution >= 0.6 is 0 Å². The number of aliphatic hydroxyl groups excluding tert-OH is 1. The summed E-state index contributed by atoms with van der Waals surface area (Å²) in [5.41, 5.74) is 0.624. The fourth-order valence-electron chi connectivity index (χ4n) is 1.68. The summed E-state index contributed by atoms with van der Waals surface area (Å²) < 4.78 is 10.7. The molecule has 2 N–H and O–H groups in total. The zero-order valence-corrected chi connectivity index (χ0v) is 12.3. The number of nitrogens with one attached hydrogen (secondary N) is 1. The predicted octanol–water partition coefficient (Wildman–Crippen LogP) is 1.87. The Morgan fingerprint density at radius 3 is 2.80 bits per heavy atom. The van der Waals surface area contributed by atoms with Crippen LogP contribution in [0.15, 0.2) is 18.2 Å². The highest BCUT2D eigenvalue weighted by molar-refractivity contribution is 5.80.